The number of amides is 1. The second kappa shape index (κ2) is 4.81. The van der Waals surface area contributed by atoms with Gasteiger partial charge in [-0.05, 0) is 18.4 Å². The molecule has 2 N–H and O–H groups in total. The third-order valence-electron chi connectivity index (χ3n) is 2.92. The van der Waals surface area contributed by atoms with Gasteiger partial charge in [-0.3, -0.25) is 9.48 Å². The summed E-state index contributed by atoms with van der Waals surface area (Å²) in [6.45, 7) is 1.99. The summed E-state index contributed by atoms with van der Waals surface area (Å²) in [7, 11) is 3.51. The van der Waals surface area contributed by atoms with Crippen molar-refractivity contribution in [3.63, 3.8) is 0 Å². The van der Waals surface area contributed by atoms with Crippen LogP contribution in [0.4, 0.5) is 5.69 Å². The van der Waals surface area contributed by atoms with Crippen LogP contribution in [0.2, 0.25) is 0 Å². The normalized spacial score (nSPS) is 12.4. The standard InChI is InChI=1S/C12H16N4OS/c1-8(10-5-4-6-18-10)16(3)12(17)11-9(13)7-15(2)14-11/h4-8H,13H2,1-3H3. The van der Waals surface area contributed by atoms with Crippen molar-refractivity contribution in [1.29, 1.82) is 0 Å². The number of aryl methyl sites for hydroxylation is 1. The van der Waals surface area contributed by atoms with Crippen molar-refractivity contribution in [3.05, 3.63) is 34.3 Å². The van der Waals surface area contributed by atoms with Crippen molar-refractivity contribution in [2.75, 3.05) is 12.8 Å². The van der Waals surface area contributed by atoms with E-state index in [1.54, 1.807) is 41.2 Å². The molecular formula is C12H16N4OS. The molecule has 0 spiro atoms. The van der Waals surface area contributed by atoms with Crippen molar-refractivity contribution in [3.8, 4) is 0 Å². The number of nitrogens with zero attached hydrogens (tertiary/aromatic N) is 3. The van der Waals surface area contributed by atoms with Gasteiger partial charge < -0.3 is 10.6 Å². The molecule has 0 saturated carbocycles. The van der Waals surface area contributed by atoms with Crippen LogP contribution in [-0.4, -0.2) is 27.6 Å². The highest BCUT2D eigenvalue weighted by molar-refractivity contribution is 7.10. The molecule has 0 aromatic carbocycles. The number of hydrogen-bond acceptors (Lipinski definition) is 4. The molecule has 2 heterocycles. The highest BCUT2D eigenvalue weighted by Gasteiger charge is 2.23. The van der Waals surface area contributed by atoms with E-state index in [1.807, 2.05) is 24.4 Å². The number of carbonyl (C=O) groups excluding carboxylic acids is 1. The van der Waals surface area contributed by atoms with Crippen molar-refractivity contribution >= 4 is 22.9 Å². The Morgan fingerprint density at radius 2 is 2.33 bits per heavy atom. The molecule has 0 aliphatic heterocycles. The largest absolute Gasteiger partial charge is 0.396 e. The third kappa shape index (κ3) is 2.24. The van der Waals surface area contributed by atoms with Gasteiger partial charge in [-0.2, -0.15) is 5.10 Å². The Kier molecular flexibility index (Phi) is 3.38. The average Bonchev–Trinajstić information content (AvgIpc) is 2.96. The minimum absolute atomic E-state index is 0.0129. The molecule has 18 heavy (non-hydrogen) atoms. The highest BCUT2D eigenvalue weighted by Crippen LogP contribution is 2.25. The number of rotatable bonds is 3. The Labute approximate surface area is 110 Å². The van der Waals surface area contributed by atoms with Crippen molar-refractivity contribution in [2.45, 2.75) is 13.0 Å². The summed E-state index contributed by atoms with van der Waals surface area (Å²) in [6.07, 6.45) is 1.64. The van der Waals surface area contributed by atoms with E-state index in [4.69, 9.17) is 5.73 Å². The van der Waals surface area contributed by atoms with Crippen LogP contribution in [0.15, 0.2) is 23.7 Å². The topological polar surface area (TPSA) is 64.2 Å². The van der Waals surface area contributed by atoms with Gasteiger partial charge in [-0.25, -0.2) is 0 Å². The van der Waals surface area contributed by atoms with Gasteiger partial charge in [-0.1, -0.05) is 6.07 Å². The Morgan fingerprint density at radius 1 is 1.61 bits per heavy atom. The number of carbonyl (C=O) groups is 1. The third-order valence-corrected chi connectivity index (χ3v) is 3.96. The number of nitrogen functional groups attached to an aromatic ring is 1. The molecule has 0 radical (unpaired) electrons. The van der Waals surface area contributed by atoms with Crippen molar-refractivity contribution in [1.82, 2.24) is 14.7 Å². The molecule has 1 amide bonds. The number of aromatic nitrogens is 2. The van der Waals surface area contributed by atoms with E-state index in [0.717, 1.165) is 4.88 Å². The number of hydrogen-bond donors (Lipinski definition) is 1. The lowest BCUT2D eigenvalue weighted by Crippen LogP contribution is -2.30. The first-order chi connectivity index (χ1) is 8.50. The predicted octanol–water partition coefficient (Wildman–Crippen LogP) is 1.90. The first-order valence-electron chi connectivity index (χ1n) is 5.60. The monoisotopic (exact) mass is 264 g/mol. The first kappa shape index (κ1) is 12.6. The van der Waals surface area contributed by atoms with Gasteiger partial charge in [0.05, 0.1) is 11.7 Å². The van der Waals surface area contributed by atoms with E-state index in [2.05, 4.69) is 5.10 Å². The quantitative estimate of drug-likeness (QED) is 0.920. The van der Waals surface area contributed by atoms with Crippen LogP contribution in [0.25, 0.3) is 0 Å². The Hall–Kier alpha value is -1.82. The summed E-state index contributed by atoms with van der Waals surface area (Å²) < 4.78 is 1.55. The SMILES string of the molecule is CC(c1cccs1)N(C)C(=O)c1nn(C)cc1N. The summed E-state index contributed by atoms with van der Waals surface area (Å²) >= 11 is 1.63. The molecule has 0 fully saturated rings. The summed E-state index contributed by atoms with van der Waals surface area (Å²) in [5.74, 6) is -0.158. The molecule has 0 bridgehead atoms. The molecule has 6 heteroatoms. The second-order valence-corrected chi connectivity index (χ2v) is 5.19. The minimum atomic E-state index is -0.158. The zero-order valence-corrected chi connectivity index (χ0v) is 11.4. The van der Waals surface area contributed by atoms with Gasteiger partial charge in [0.2, 0.25) is 0 Å². The molecule has 1 atom stereocenters. The molecule has 0 aliphatic rings. The number of nitrogens with two attached hydrogens (primary N) is 1. The molecule has 0 aliphatic carbocycles. The predicted molar refractivity (Wildman–Crippen MR) is 72.4 cm³/mol. The van der Waals surface area contributed by atoms with Gasteiger partial charge in [-0.15, -0.1) is 11.3 Å². The fourth-order valence-corrected chi connectivity index (χ4v) is 2.56. The lowest BCUT2D eigenvalue weighted by atomic mass is 10.2. The highest BCUT2D eigenvalue weighted by atomic mass is 32.1. The molecule has 5 nitrogen and oxygen atoms in total. The van der Waals surface area contributed by atoms with Crippen LogP contribution in [-0.2, 0) is 7.05 Å². The Morgan fingerprint density at radius 3 is 2.83 bits per heavy atom. The van der Waals surface area contributed by atoms with Crippen LogP contribution >= 0.6 is 11.3 Å². The van der Waals surface area contributed by atoms with E-state index >= 15 is 0 Å². The van der Waals surface area contributed by atoms with Gasteiger partial charge in [0.1, 0.15) is 0 Å². The molecule has 2 rings (SSSR count). The molecule has 96 valence electrons. The molecule has 1 unspecified atom stereocenters. The van der Waals surface area contributed by atoms with Gasteiger partial charge in [0, 0.05) is 25.2 Å². The van der Waals surface area contributed by atoms with Gasteiger partial charge >= 0.3 is 0 Å². The van der Waals surface area contributed by atoms with E-state index in [0.29, 0.717) is 11.4 Å². The smallest absolute Gasteiger partial charge is 0.276 e. The van der Waals surface area contributed by atoms with Crippen LogP contribution in [0.5, 0.6) is 0 Å². The van der Waals surface area contributed by atoms with Crippen LogP contribution in [0.3, 0.4) is 0 Å². The summed E-state index contributed by atoms with van der Waals surface area (Å²) in [4.78, 5) is 15.1. The zero-order valence-electron chi connectivity index (χ0n) is 10.6. The second-order valence-electron chi connectivity index (χ2n) is 4.21. The summed E-state index contributed by atoms with van der Waals surface area (Å²) in [6, 6.07) is 4.00. The average molecular weight is 264 g/mol. The van der Waals surface area contributed by atoms with Crippen LogP contribution in [0, 0.1) is 0 Å². The fraction of sp³-hybridized carbons (Fsp3) is 0.333. The van der Waals surface area contributed by atoms with E-state index in [9.17, 15) is 4.79 Å². The molecule has 2 aromatic rings. The maximum absolute atomic E-state index is 12.3. The Balaban J connectivity index is 2.21. The lowest BCUT2D eigenvalue weighted by Gasteiger charge is -2.23. The fourth-order valence-electron chi connectivity index (χ4n) is 1.74. The van der Waals surface area contributed by atoms with Gasteiger partial charge in [0.15, 0.2) is 5.69 Å². The maximum atomic E-state index is 12.3. The summed E-state index contributed by atoms with van der Waals surface area (Å²) in [5.41, 5.74) is 6.49. The minimum Gasteiger partial charge on any atom is -0.396 e. The zero-order chi connectivity index (χ0) is 13.3. The number of thiophene rings is 1. The van der Waals surface area contributed by atoms with Gasteiger partial charge in [0.25, 0.3) is 5.91 Å². The van der Waals surface area contributed by atoms with Crippen molar-refractivity contribution in [2.24, 2.45) is 7.05 Å². The maximum Gasteiger partial charge on any atom is 0.276 e. The number of anilines is 1. The Bertz CT molecular complexity index is 546. The molecular weight excluding hydrogens is 248 g/mol. The lowest BCUT2D eigenvalue weighted by molar-refractivity contribution is 0.0739. The van der Waals surface area contributed by atoms with E-state index in [1.165, 1.54) is 0 Å². The molecule has 0 saturated heterocycles. The molecule has 2 aromatic heterocycles. The van der Waals surface area contributed by atoms with Crippen LogP contribution in [0.1, 0.15) is 28.3 Å². The first-order valence-corrected chi connectivity index (χ1v) is 6.48. The summed E-state index contributed by atoms with van der Waals surface area (Å²) in [5, 5.41) is 6.10. The van der Waals surface area contributed by atoms with Crippen LogP contribution < -0.4 is 5.73 Å². The van der Waals surface area contributed by atoms with E-state index < -0.39 is 0 Å². The van der Waals surface area contributed by atoms with Crippen molar-refractivity contribution < 1.29 is 4.79 Å². The van der Waals surface area contributed by atoms with E-state index in [-0.39, 0.29) is 11.9 Å².